The number of carbonyl (C=O) groups is 1. The smallest absolute Gasteiger partial charge is 0.330 e. The van der Waals surface area contributed by atoms with Crippen LogP contribution in [-0.4, -0.2) is 55.0 Å². The number of nitrogens with one attached hydrogen (secondary N) is 2. The Balaban J connectivity index is 2.87. The van der Waals surface area contributed by atoms with Crippen molar-refractivity contribution in [1.82, 2.24) is 10.2 Å². The van der Waals surface area contributed by atoms with Crippen molar-refractivity contribution < 1.29 is 9.53 Å². The van der Waals surface area contributed by atoms with Gasteiger partial charge in [-0.1, -0.05) is 33.3 Å². The highest BCUT2D eigenvalue weighted by Gasteiger charge is 2.08. The van der Waals surface area contributed by atoms with Crippen molar-refractivity contribution in [3.05, 3.63) is 29.8 Å². The Bertz CT molecular complexity index is 647. The van der Waals surface area contributed by atoms with Gasteiger partial charge in [0.15, 0.2) is 5.11 Å². The molecule has 7 heteroatoms. The molecule has 0 saturated heterocycles. The molecule has 2 N–H and O–H groups in total. The van der Waals surface area contributed by atoms with E-state index in [1.54, 1.807) is 17.8 Å². The van der Waals surface area contributed by atoms with E-state index in [0.29, 0.717) is 5.11 Å². The molecule has 1 rings (SSSR count). The molecule has 0 fully saturated rings. The summed E-state index contributed by atoms with van der Waals surface area (Å²) in [5.74, 6) is 0.632. The molecule has 0 saturated carbocycles. The van der Waals surface area contributed by atoms with E-state index in [1.165, 1.54) is 13.2 Å². The van der Waals surface area contributed by atoms with E-state index < -0.39 is 0 Å². The third-order valence-electron chi connectivity index (χ3n) is 4.24. The summed E-state index contributed by atoms with van der Waals surface area (Å²) in [5, 5.41) is 7.17. The summed E-state index contributed by atoms with van der Waals surface area (Å²) in [6, 6.07) is 6.08. The van der Waals surface area contributed by atoms with Crippen LogP contribution in [0.15, 0.2) is 29.2 Å². The number of anilines is 1. The number of esters is 1. The van der Waals surface area contributed by atoms with E-state index in [0.717, 1.165) is 60.9 Å². The minimum absolute atomic E-state index is 0.371. The van der Waals surface area contributed by atoms with Gasteiger partial charge in [-0.3, -0.25) is 0 Å². The Hall–Kier alpha value is -1.57. The molecular weight excluding hydrogens is 390 g/mol. The maximum Gasteiger partial charge on any atom is 0.330 e. The molecule has 0 aliphatic rings. The van der Waals surface area contributed by atoms with Gasteiger partial charge in [-0.05, 0) is 55.5 Å². The monoisotopic (exact) mass is 423 g/mol. The Labute approximate surface area is 179 Å². The van der Waals surface area contributed by atoms with E-state index in [2.05, 4.69) is 47.1 Å². The number of hydrogen-bond donors (Lipinski definition) is 2. The van der Waals surface area contributed by atoms with Crippen molar-refractivity contribution >= 4 is 46.8 Å². The van der Waals surface area contributed by atoms with Gasteiger partial charge in [0.25, 0.3) is 0 Å². The van der Waals surface area contributed by atoms with Gasteiger partial charge >= 0.3 is 5.97 Å². The average molecular weight is 424 g/mol. The molecular formula is C21H33N3O2S2. The maximum absolute atomic E-state index is 11.4. The number of carbonyl (C=O) groups excluding carboxylic acids is 1. The van der Waals surface area contributed by atoms with Crippen LogP contribution in [-0.2, 0) is 9.53 Å². The first-order valence-corrected chi connectivity index (χ1v) is 11.2. The van der Waals surface area contributed by atoms with Crippen LogP contribution in [0.5, 0.6) is 0 Å². The van der Waals surface area contributed by atoms with Crippen LogP contribution in [0.2, 0.25) is 0 Å². The van der Waals surface area contributed by atoms with Crippen LogP contribution in [0.25, 0.3) is 6.08 Å². The molecule has 0 atom stereocenters. The third kappa shape index (κ3) is 9.57. The molecule has 0 heterocycles. The van der Waals surface area contributed by atoms with Crippen molar-refractivity contribution in [2.75, 3.05) is 44.4 Å². The second-order valence-corrected chi connectivity index (χ2v) is 7.77. The number of benzene rings is 1. The molecule has 0 amide bonds. The molecule has 1 aromatic carbocycles. The number of nitrogens with zero attached hydrogens (tertiary/aromatic N) is 1. The molecule has 0 aromatic heterocycles. The molecule has 0 spiro atoms. The van der Waals surface area contributed by atoms with Crippen LogP contribution in [0.3, 0.4) is 0 Å². The summed E-state index contributed by atoms with van der Waals surface area (Å²) in [5.41, 5.74) is 1.86. The second kappa shape index (κ2) is 14.4. The minimum Gasteiger partial charge on any atom is -0.466 e. The molecule has 156 valence electrons. The summed E-state index contributed by atoms with van der Waals surface area (Å²) in [6.45, 7) is 10.5. The largest absolute Gasteiger partial charge is 0.466 e. The van der Waals surface area contributed by atoms with Gasteiger partial charge in [-0.15, -0.1) is 11.8 Å². The highest BCUT2D eigenvalue weighted by Crippen LogP contribution is 2.29. The molecule has 0 radical (unpaired) electrons. The van der Waals surface area contributed by atoms with Crippen molar-refractivity contribution in [2.24, 2.45) is 0 Å². The molecule has 0 aliphatic heterocycles. The lowest BCUT2D eigenvalue weighted by molar-refractivity contribution is -0.134. The fraction of sp³-hybridized carbons (Fsp3) is 0.524. The zero-order valence-corrected chi connectivity index (χ0v) is 19.0. The fourth-order valence-corrected chi connectivity index (χ4v) is 3.69. The van der Waals surface area contributed by atoms with Gasteiger partial charge in [0.2, 0.25) is 0 Å². The van der Waals surface area contributed by atoms with Gasteiger partial charge < -0.3 is 20.3 Å². The Morgan fingerprint density at radius 2 is 2.04 bits per heavy atom. The average Bonchev–Trinajstić information content (AvgIpc) is 2.70. The van der Waals surface area contributed by atoms with E-state index in [1.807, 2.05) is 12.1 Å². The molecule has 0 aliphatic carbocycles. The third-order valence-corrected chi connectivity index (χ3v) is 5.54. The lowest BCUT2D eigenvalue weighted by atomic mass is 10.2. The van der Waals surface area contributed by atoms with Gasteiger partial charge in [-0.25, -0.2) is 4.79 Å². The van der Waals surface area contributed by atoms with Gasteiger partial charge in [0.05, 0.1) is 12.8 Å². The van der Waals surface area contributed by atoms with Crippen molar-refractivity contribution in [1.29, 1.82) is 0 Å². The summed E-state index contributed by atoms with van der Waals surface area (Å²) in [7, 11) is 1.37. The Kier molecular flexibility index (Phi) is 12.6. The molecule has 0 unspecified atom stereocenters. The molecule has 1 aromatic rings. The van der Waals surface area contributed by atoms with Gasteiger partial charge in [0.1, 0.15) is 0 Å². The number of ether oxygens (including phenoxy) is 1. The van der Waals surface area contributed by atoms with E-state index in [9.17, 15) is 4.79 Å². The van der Waals surface area contributed by atoms with Gasteiger partial charge in [-0.2, -0.15) is 0 Å². The highest BCUT2D eigenvalue weighted by molar-refractivity contribution is 7.99. The fourth-order valence-electron chi connectivity index (χ4n) is 2.48. The molecule has 28 heavy (non-hydrogen) atoms. The lowest BCUT2D eigenvalue weighted by Crippen LogP contribution is -2.29. The van der Waals surface area contributed by atoms with Crippen molar-refractivity contribution in [2.45, 2.75) is 38.5 Å². The lowest BCUT2D eigenvalue weighted by Gasteiger charge is -2.18. The first kappa shape index (κ1) is 24.5. The topological polar surface area (TPSA) is 53.6 Å². The highest BCUT2D eigenvalue weighted by atomic mass is 32.2. The normalized spacial score (nSPS) is 11.0. The number of methoxy groups -OCH3 is 1. The number of rotatable bonds is 12. The predicted molar refractivity (Wildman–Crippen MR) is 125 cm³/mol. The number of unbranched alkanes of at least 4 members (excludes halogenated alkanes) is 1. The molecule has 0 bridgehead atoms. The first-order chi connectivity index (χ1) is 13.5. The van der Waals surface area contributed by atoms with Crippen LogP contribution in [0.4, 0.5) is 5.69 Å². The zero-order chi connectivity index (χ0) is 20.8. The minimum atomic E-state index is -0.371. The van der Waals surface area contributed by atoms with Crippen LogP contribution < -0.4 is 10.6 Å². The number of thioether (sulfide) groups is 1. The molecule has 5 nitrogen and oxygen atoms in total. The summed E-state index contributed by atoms with van der Waals surface area (Å²) >= 11 is 7.24. The Morgan fingerprint density at radius 1 is 1.29 bits per heavy atom. The number of thiocarbonyl (C=S) groups is 1. The van der Waals surface area contributed by atoms with E-state index in [4.69, 9.17) is 12.2 Å². The second-order valence-electron chi connectivity index (χ2n) is 6.22. The van der Waals surface area contributed by atoms with Crippen molar-refractivity contribution in [3.63, 3.8) is 0 Å². The van der Waals surface area contributed by atoms with Crippen LogP contribution in [0, 0.1) is 0 Å². The van der Waals surface area contributed by atoms with E-state index in [-0.39, 0.29) is 5.97 Å². The standard InChI is InChI=1S/C21H33N3O2S2/c1-5-8-13-22-21(27)23-18-16-17(10-12-20(25)26-4)9-11-19(18)28-15-14-24(6-2)7-3/h9-12,16H,5-8,13-15H2,1-4H3,(H2,22,23,27)/b12-10+. The quantitative estimate of drug-likeness (QED) is 0.170. The maximum atomic E-state index is 11.4. The summed E-state index contributed by atoms with van der Waals surface area (Å²) < 4.78 is 4.66. The SMILES string of the molecule is CCCCNC(=S)Nc1cc(/C=C/C(=O)OC)ccc1SCCN(CC)CC. The summed E-state index contributed by atoms with van der Waals surface area (Å²) in [6.07, 6.45) is 5.37. The Morgan fingerprint density at radius 3 is 2.68 bits per heavy atom. The predicted octanol–water partition coefficient (Wildman–Crippen LogP) is 4.39. The summed E-state index contributed by atoms with van der Waals surface area (Å²) in [4.78, 5) is 14.9. The van der Waals surface area contributed by atoms with E-state index >= 15 is 0 Å². The number of hydrogen-bond acceptors (Lipinski definition) is 5. The van der Waals surface area contributed by atoms with Crippen LogP contribution in [0.1, 0.15) is 39.2 Å². The van der Waals surface area contributed by atoms with Crippen molar-refractivity contribution in [3.8, 4) is 0 Å². The zero-order valence-electron chi connectivity index (χ0n) is 17.4. The van der Waals surface area contributed by atoms with Gasteiger partial charge in [0, 0.05) is 29.8 Å². The van der Waals surface area contributed by atoms with Crippen LogP contribution >= 0.6 is 24.0 Å². The first-order valence-electron chi connectivity index (χ1n) is 9.84.